The molecule has 0 saturated heterocycles. The van der Waals surface area contributed by atoms with E-state index in [1.807, 2.05) is 6.08 Å². The Hall–Kier alpha value is -3.12. The Labute approximate surface area is 261 Å². The summed E-state index contributed by atoms with van der Waals surface area (Å²) in [6.07, 6.45) is 31.3. The summed E-state index contributed by atoms with van der Waals surface area (Å²) in [5.74, 6) is 1.24. The molecule has 1 aliphatic carbocycles. The van der Waals surface area contributed by atoms with Crippen LogP contribution in [0.1, 0.15) is 105 Å². The third-order valence-electron chi connectivity index (χ3n) is 7.62. The Balaban J connectivity index is 0.000000994. The van der Waals surface area contributed by atoms with Gasteiger partial charge >= 0.3 is 0 Å². The van der Waals surface area contributed by atoms with E-state index in [9.17, 15) is 0 Å². The van der Waals surface area contributed by atoms with E-state index in [1.165, 1.54) is 60.0 Å². The molecule has 42 heavy (non-hydrogen) atoms. The van der Waals surface area contributed by atoms with Crippen LogP contribution in [0.15, 0.2) is 133 Å². The second-order valence-corrected chi connectivity index (χ2v) is 11.2. The quantitative estimate of drug-likeness (QED) is 0.155. The second-order valence-electron chi connectivity index (χ2n) is 11.2. The van der Waals surface area contributed by atoms with E-state index in [0.717, 1.165) is 19.3 Å². The molecule has 1 aromatic carbocycles. The Bertz CT molecular complexity index is 1110. The van der Waals surface area contributed by atoms with Crippen LogP contribution < -0.4 is 0 Å². The van der Waals surface area contributed by atoms with Crippen molar-refractivity contribution < 1.29 is 0 Å². The average molecular weight is 567 g/mol. The standard InChI is InChI=1S/C28H42.C12H16.C2H4/c1-7-11-12-16-23(5)21-26-18-13-17-25(22-26)19-20-27(14-8-2)28(15-9-3)24(6)10-4;1-4-10(2)9-12-8-6-5-7-11(12)3;1-2/h7-8,11-14,16-18,22-24H,9-10,15,19-21H2,1-6H3;4,7-9H,1,5-6H2,2-3H3;1-2H2/b11-7-,14-8-,16-12-,28-27+;10-9-;. The molecule has 2 rings (SSSR count). The molecule has 0 aliphatic heterocycles. The first kappa shape index (κ1) is 38.9. The fourth-order valence-electron chi connectivity index (χ4n) is 5.08. The van der Waals surface area contributed by atoms with Crippen molar-refractivity contribution in [3.8, 4) is 0 Å². The minimum absolute atomic E-state index is 0.562. The molecular formula is C42H62. The number of rotatable bonds is 14. The van der Waals surface area contributed by atoms with Gasteiger partial charge in [0.1, 0.15) is 0 Å². The minimum atomic E-state index is 0.562. The Morgan fingerprint density at radius 1 is 0.952 bits per heavy atom. The number of allylic oxidation sites excluding steroid dienone is 15. The van der Waals surface area contributed by atoms with Crippen LogP contribution in [0.25, 0.3) is 0 Å². The predicted octanol–water partition coefficient (Wildman–Crippen LogP) is 13.2. The molecule has 0 saturated carbocycles. The number of hydrogen-bond acceptors (Lipinski definition) is 0. The first-order chi connectivity index (χ1) is 20.3. The largest absolute Gasteiger partial charge is 0.106 e. The Morgan fingerprint density at radius 3 is 2.24 bits per heavy atom. The van der Waals surface area contributed by atoms with E-state index < -0.39 is 0 Å². The maximum absolute atomic E-state index is 3.74. The molecule has 1 aliphatic rings. The van der Waals surface area contributed by atoms with Crippen LogP contribution in [-0.2, 0) is 12.8 Å². The van der Waals surface area contributed by atoms with Gasteiger partial charge in [-0.1, -0.05) is 137 Å². The summed E-state index contributed by atoms with van der Waals surface area (Å²) in [5.41, 5.74) is 10.1. The monoisotopic (exact) mass is 566 g/mol. The van der Waals surface area contributed by atoms with E-state index in [0.29, 0.717) is 11.8 Å². The summed E-state index contributed by atoms with van der Waals surface area (Å²) >= 11 is 0. The van der Waals surface area contributed by atoms with Crippen LogP contribution in [0.2, 0.25) is 0 Å². The van der Waals surface area contributed by atoms with Gasteiger partial charge < -0.3 is 0 Å². The van der Waals surface area contributed by atoms with E-state index in [2.05, 4.69) is 154 Å². The van der Waals surface area contributed by atoms with Crippen molar-refractivity contribution in [1.29, 1.82) is 0 Å². The van der Waals surface area contributed by atoms with Crippen LogP contribution in [0.3, 0.4) is 0 Å². The van der Waals surface area contributed by atoms with Crippen molar-refractivity contribution in [3.05, 3.63) is 144 Å². The Kier molecular flexibility index (Phi) is 22.7. The summed E-state index contributed by atoms with van der Waals surface area (Å²) in [5, 5.41) is 0. The molecule has 2 atom stereocenters. The highest BCUT2D eigenvalue weighted by Gasteiger charge is 2.11. The van der Waals surface area contributed by atoms with Gasteiger partial charge in [-0.15, -0.1) is 13.2 Å². The van der Waals surface area contributed by atoms with Crippen LogP contribution >= 0.6 is 0 Å². The van der Waals surface area contributed by atoms with Crippen molar-refractivity contribution in [1.82, 2.24) is 0 Å². The molecule has 0 N–H and O–H groups in total. The minimum Gasteiger partial charge on any atom is -0.106 e. The predicted molar refractivity (Wildman–Crippen MR) is 194 cm³/mol. The summed E-state index contributed by atoms with van der Waals surface area (Å²) in [4.78, 5) is 0. The highest BCUT2D eigenvalue weighted by atomic mass is 14.2. The molecule has 0 nitrogen and oxygen atoms in total. The van der Waals surface area contributed by atoms with Crippen LogP contribution in [0.4, 0.5) is 0 Å². The van der Waals surface area contributed by atoms with E-state index in [1.54, 1.807) is 11.1 Å². The summed E-state index contributed by atoms with van der Waals surface area (Å²) in [6.45, 7) is 27.5. The van der Waals surface area contributed by atoms with Gasteiger partial charge in [-0.3, -0.25) is 0 Å². The van der Waals surface area contributed by atoms with Crippen molar-refractivity contribution in [2.75, 3.05) is 0 Å². The fraction of sp³-hybridized carbons (Fsp3) is 0.429. The molecule has 0 amide bonds. The number of benzene rings is 1. The molecule has 0 spiro atoms. The molecule has 0 heterocycles. The van der Waals surface area contributed by atoms with Crippen molar-refractivity contribution in [2.45, 2.75) is 107 Å². The SMILES string of the molecule is C/C=C\C=C/C(C)Cc1cccc(CCC(/C=C\C)=C(\CCC)C(C)CC)c1.C=C.C=C/C(C)=C\C1=CCCC=C1C. The zero-order valence-corrected chi connectivity index (χ0v) is 28.5. The second kappa shape index (κ2) is 24.5. The normalized spacial score (nSPS) is 15.7. The van der Waals surface area contributed by atoms with Crippen LogP contribution in [-0.4, -0.2) is 0 Å². The molecular weight excluding hydrogens is 504 g/mol. The van der Waals surface area contributed by atoms with E-state index >= 15 is 0 Å². The van der Waals surface area contributed by atoms with Crippen LogP contribution in [0.5, 0.6) is 0 Å². The Morgan fingerprint density at radius 2 is 1.64 bits per heavy atom. The van der Waals surface area contributed by atoms with Gasteiger partial charge in [-0.05, 0) is 112 Å². The molecule has 230 valence electrons. The van der Waals surface area contributed by atoms with Gasteiger partial charge in [0, 0.05) is 0 Å². The summed E-state index contributed by atoms with van der Waals surface area (Å²) < 4.78 is 0. The smallest absolute Gasteiger partial charge is 0.0218 e. The van der Waals surface area contributed by atoms with Gasteiger partial charge in [-0.2, -0.15) is 0 Å². The molecule has 0 radical (unpaired) electrons. The first-order valence-corrected chi connectivity index (χ1v) is 16.2. The molecule has 0 heteroatoms. The van der Waals surface area contributed by atoms with Gasteiger partial charge in [-0.25, -0.2) is 0 Å². The first-order valence-electron chi connectivity index (χ1n) is 16.2. The maximum Gasteiger partial charge on any atom is -0.0218 e. The fourth-order valence-corrected chi connectivity index (χ4v) is 5.08. The molecule has 0 bridgehead atoms. The third-order valence-corrected chi connectivity index (χ3v) is 7.62. The lowest BCUT2D eigenvalue weighted by Crippen LogP contribution is -2.03. The zero-order chi connectivity index (χ0) is 31.8. The molecule has 1 aromatic rings. The van der Waals surface area contributed by atoms with Crippen molar-refractivity contribution >= 4 is 0 Å². The van der Waals surface area contributed by atoms with Gasteiger partial charge in [0.15, 0.2) is 0 Å². The van der Waals surface area contributed by atoms with Crippen molar-refractivity contribution in [2.24, 2.45) is 11.8 Å². The molecule has 0 aromatic heterocycles. The zero-order valence-electron chi connectivity index (χ0n) is 28.5. The van der Waals surface area contributed by atoms with E-state index in [4.69, 9.17) is 0 Å². The summed E-state index contributed by atoms with van der Waals surface area (Å²) in [7, 11) is 0. The third kappa shape index (κ3) is 16.4. The number of aryl methyl sites for hydroxylation is 1. The van der Waals surface area contributed by atoms with E-state index in [-0.39, 0.29) is 0 Å². The maximum atomic E-state index is 3.74. The van der Waals surface area contributed by atoms with Gasteiger partial charge in [0.2, 0.25) is 0 Å². The highest BCUT2D eigenvalue weighted by Crippen LogP contribution is 2.27. The topological polar surface area (TPSA) is 0 Å². The average Bonchev–Trinajstić information content (AvgIpc) is 3.00. The highest BCUT2D eigenvalue weighted by molar-refractivity contribution is 5.43. The summed E-state index contributed by atoms with van der Waals surface area (Å²) in [6, 6.07) is 9.21. The molecule has 2 unspecified atom stereocenters. The lowest BCUT2D eigenvalue weighted by molar-refractivity contribution is 0.607. The lowest BCUT2D eigenvalue weighted by atomic mass is 9.87. The number of hydrogen-bond donors (Lipinski definition) is 0. The lowest BCUT2D eigenvalue weighted by Gasteiger charge is -2.19. The molecule has 0 fully saturated rings. The van der Waals surface area contributed by atoms with Gasteiger partial charge in [0.05, 0.1) is 0 Å². The van der Waals surface area contributed by atoms with Crippen LogP contribution in [0, 0.1) is 11.8 Å². The van der Waals surface area contributed by atoms with Gasteiger partial charge in [0.25, 0.3) is 0 Å². The van der Waals surface area contributed by atoms with Crippen molar-refractivity contribution in [3.63, 3.8) is 0 Å².